The van der Waals surface area contributed by atoms with Crippen LogP contribution < -0.4 is 5.32 Å². The molecule has 3 nitrogen and oxygen atoms in total. The van der Waals surface area contributed by atoms with Crippen LogP contribution in [-0.4, -0.2) is 22.6 Å². The van der Waals surface area contributed by atoms with Crippen LogP contribution in [0.1, 0.15) is 25.7 Å². The van der Waals surface area contributed by atoms with E-state index < -0.39 is 0 Å². The predicted molar refractivity (Wildman–Crippen MR) is 58.0 cm³/mol. The number of aryl methyl sites for hydroxylation is 1. The van der Waals surface area contributed by atoms with Gasteiger partial charge in [-0.25, -0.2) is 4.98 Å². The second kappa shape index (κ2) is 5.46. The monoisotopic (exact) mass is 191 g/mol. The first kappa shape index (κ1) is 10.8. The molecule has 0 saturated carbocycles. The third-order valence-corrected chi connectivity index (χ3v) is 2.21. The first-order valence-corrected chi connectivity index (χ1v) is 4.95. The van der Waals surface area contributed by atoms with E-state index in [0.717, 1.165) is 18.8 Å². The second-order valence-electron chi connectivity index (χ2n) is 3.29. The van der Waals surface area contributed by atoms with Crippen LogP contribution in [-0.2, 0) is 6.42 Å². The Labute approximate surface area is 85.5 Å². The van der Waals surface area contributed by atoms with Crippen LogP contribution in [0.5, 0.6) is 0 Å². The molecule has 0 aliphatic rings. The highest BCUT2D eigenvalue weighted by Crippen LogP contribution is 2.08. The number of aromatic nitrogens is 2. The van der Waals surface area contributed by atoms with Crippen LogP contribution in [0.25, 0.3) is 0 Å². The number of nitrogens with one attached hydrogen (secondary N) is 1. The summed E-state index contributed by atoms with van der Waals surface area (Å²) in [6.07, 6.45) is 9.98. The van der Waals surface area contributed by atoms with Gasteiger partial charge < -0.3 is 9.88 Å². The summed E-state index contributed by atoms with van der Waals surface area (Å²) in [5.41, 5.74) is 0. The van der Waals surface area contributed by atoms with E-state index in [1.165, 1.54) is 0 Å². The van der Waals surface area contributed by atoms with Crippen molar-refractivity contribution < 1.29 is 0 Å². The van der Waals surface area contributed by atoms with Crippen LogP contribution in [0.4, 0.5) is 0 Å². The first-order chi connectivity index (χ1) is 6.79. The first-order valence-electron chi connectivity index (χ1n) is 4.95. The van der Waals surface area contributed by atoms with Crippen LogP contribution in [0.15, 0.2) is 12.4 Å². The van der Waals surface area contributed by atoms with E-state index in [9.17, 15) is 0 Å². The van der Waals surface area contributed by atoms with Crippen LogP contribution >= 0.6 is 0 Å². The molecule has 0 spiro atoms. The molecular weight excluding hydrogens is 174 g/mol. The number of imidazole rings is 1. The highest BCUT2D eigenvalue weighted by Gasteiger charge is 2.07. The van der Waals surface area contributed by atoms with Gasteiger partial charge in [-0.15, -0.1) is 6.42 Å². The van der Waals surface area contributed by atoms with Crippen molar-refractivity contribution in [3.05, 3.63) is 18.2 Å². The second-order valence-corrected chi connectivity index (χ2v) is 3.29. The van der Waals surface area contributed by atoms with Gasteiger partial charge in [0.05, 0.1) is 6.54 Å². The predicted octanol–water partition coefficient (Wildman–Crippen LogP) is 1.23. The van der Waals surface area contributed by atoms with E-state index in [2.05, 4.69) is 34.6 Å². The minimum absolute atomic E-state index is 0.404. The van der Waals surface area contributed by atoms with Crippen molar-refractivity contribution in [1.82, 2.24) is 14.9 Å². The minimum atomic E-state index is 0.404. The molecule has 1 atom stereocenters. The largest absolute Gasteiger partial charge is 0.331 e. The lowest BCUT2D eigenvalue weighted by atomic mass is 10.3. The molecule has 0 aliphatic heterocycles. The molecule has 0 aromatic carbocycles. The standard InChI is InChI=1S/C11H17N3/c1-4-6-12-9-10(3)14-8-7-13-11(14)5-2/h1,7-8,10,12H,5-6,9H2,2-3H3. The average Bonchev–Trinajstić information content (AvgIpc) is 2.65. The Morgan fingerprint density at radius 2 is 2.50 bits per heavy atom. The molecule has 1 aromatic rings. The number of rotatable bonds is 5. The third-order valence-electron chi connectivity index (χ3n) is 2.21. The van der Waals surface area contributed by atoms with Gasteiger partial charge in [0.2, 0.25) is 0 Å². The average molecular weight is 191 g/mol. The van der Waals surface area contributed by atoms with Gasteiger partial charge in [0.1, 0.15) is 5.82 Å². The summed E-state index contributed by atoms with van der Waals surface area (Å²) in [6, 6.07) is 0.404. The zero-order chi connectivity index (χ0) is 10.4. The lowest BCUT2D eigenvalue weighted by Crippen LogP contribution is -2.24. The van der Waals surface area contributed by atoms with Gasteiger partial charge in [0, 0.05) is 31.4 Å². The van der Waals surface area contributed by atoms with Crippen LogP contribution in [0, 0.1) is 12.3 Å². The molecule has 0 aliphatic carbocycles. The number of nitrogens with zero attached hydrogens (tertiary/aromatic N) is 2. The Kier molecular flexibility index (Phi) is 4.21. The maximum atomic E-state index is 5.16. The summed E-state index contributed by atoms with van der Waals surface area (Å²) >= 11 is 0. The van der Waals surface area contributed by atoms with Crippen molar-refractivity contribution in [2.75, 3.05) is 13.1 Å². The fourth-order valence-corrected chi connectivity index (χ4v) is 1.47. The van der Waals surface area contributed by atoms with E-state index >= 15 is 0 Å². The van der Waals surface area contributed by atoms with Crippen molar-refractivity contribution in [3.63, 3.8) is 0 Å². The van der Waals surface area contributed by atoms with Crippen LogP contribution in [0.2, 0.25) is 0 Å². The molecule has 1 aromatic heterocycles. The van der Waals surface area contributed by atoms with Crippen LogP contribution in [0.3, 0.4) is 0 Å². The Morgan fingerprint density at radius 1 is 1.71 bits per heavy atom. The van der Waals surface area contributed by atoms with E-state index in [-0.39, 0.29) is 0 Å². The molecule has 1 rings (SSSR count). The number of hydrogen-bond donors (Lipinski definition) is 1. The summed E-state index contributed by atoms with van der Waals surface area (Å²) in [6.45, 7) is 5.78. The van der Waals surface area contributed by atoms with Gasteiger partial charge in [0.25, 0.3) is 0 Å². The summed E-state index contributed by atoms with van der Waals surface area (Å²) in [5, 5.41) is 3.19. The Morgan fingerprint density at radius 3 is 3.14 bits per heavy atom. The van der Waals surface area contributed by atoms with Gasteiger partial charge in [-0.3, -0.25) is 0 Å². The van der Waals surface area contributed by atoms with E-state index in [1.807, 2.05) is 12.4 Å². The molecule has 1 heterocycles. The van der Waals surface area contributed by atoms with Gasteiger partial charge in [-0.2, -0.15) is 0 Å². The van der Waals surface area contributed by atoms with Crippen molar-refractivity contribution in [3.8, 4) is 12.3 Å². The quantitative estimate of drug-likeness (QED) is 0.560. The van der Waals surface area contributed by atoms with Crippen molar-refractivity contribution in [2.24, 2.45) is 0 Å². The number of terminal acetylenes is 1. The molecule has 0 fully saturated rings. The molecule has 3 heteroatoms. The molecular formula is C11H17N3. The summed E-state index contributed by atoms with van der Waals surface area (Å²) in [4.78, 5) is 4.28. The van der Waals surface area contributed by atoms with Gasteiger partial charge >= 0.3 is 0 Å². The van der Waals surface area contributed by atoms with Gasteiger partial charge in [-0.05, 0) is 6.92 Å². The van der Waals surface area contributed by atoms with E-state index in [1.54, 1.807) is 0 Å². The highest BCUT2D eigenvalue weighted by atomic mass is 15.1. The Hall–Kier alpha value is -1.27. The zero-order valence-corrected chi connectivity index (χ0v) is 8.83. The SMILES string of the molecule is C#CCNCC(C)n1ccnc1CC. The topological polar surface area (TPSA) is 29.9 Å². The molecule has 14 heavy (non-hydrogen) atoms. The fraction of sp³-hybridized carbons (Fsp3) is 0.545. The lowest BCUT2D eigenvalue weighted by molar-refractivity contribution is 0.493. The molecule has 0 saturated heterocycles. The number of hydrogen-bond acceptors (Lipinski definition) is 2. The van der Waals surface area contributed by atoms with E-state index in [4.69, 9.17) is 6.42 Å². The van der Waals surface area contributed by atoms with Crippen molar-refractivity contribution >= 4 is 0 Å². The third kappa shape index (κ3) is 2.61. The zero-order valence-electron chi connectivity index (χ0n) is 8.83. The maximum Gasteiger partial charge on any atom is 0.108 e. The Bertz CT molecular complexity index is 309. The fourth-order valence-electron chi connectivity index (χ4n) is 1.47. The molecule has 0 radical (unpaired) electrons. The van der Waals surface area contributed by atoms with Crippen molar-refractivity contribution in [2.45, 2.75) is 26.3 Å². The van der Waals surface area contributed by atoms with Crippen molar-refractivity contribution in [1.29, 1.82) is 0 Å². The summed E-state index contributed by atoms with van der Waals surface area (Å²) in [7, 11) is 0. The highest BCUT2D eigenvalue weighted by molar-refractivity contribution is 4.95. The summed E-state index contributed by atoms with van der Waals surface area (Å²) < 4.78 is 2.18. The molecule has 1 N–H and O–H groups in total. The Balaban J connectivity index is 2.52. The molecule has 1 unspecified atom stereocenters. The normalized spacial score (nSPS) is 12.4. The lowest BCUT2D eigenvalue weighted by Gasteiger charge is -2.15. The molecule has 0 amide bonds. The maximum absolute atomic E-state index is 5.16. The summed E-state index contributed by atoms with van der Waals surface area (Å²) in [5.74, 6) is 3.69. The minimum Gasteiger partial charge on any atom is -0.331 e. The van der Waals surface area contributed by atoms with E-state index in [0.29, 0.717) is 12.6 Å². The smallest absolute Gasteiger partial charge is 0.108 e. The van der Waals surface area contributed by atoms with Gasteiger partial charge in [-0.1, -0.05) is 12.8 Å². The molecule has 76 valence electrons. The van der Waals surface area contributed by atoms with Gasteiger partial charge in [0.15, 0.2) is 0 Å². The molecule has 0 bridgehead atoms.